The minimum atomic E-state index is -0.985. The van der Waals surface area contributed by atoms with Crippen LogP contribution < -0.4 is 4.74 Å². The summed E-state index contributed by atoms with van der Waals surface area (Å²) in [5, 5.41) is 16.0. The molecule has 0 saturated heterocycles. The third kappa shape index (κ3) is 3.46. The maximum Gasteiger partial charge on any atom is 0.337 e. The van der Waals surface area contributed by atoms with E-state index in [0.717, 1.165) is 11.1 Å². The Morgan fingerprint density at radius 2 is 1.83 bits per heavy atom. The van der Waals surface area contributed by atoms with Crippen LogP contribution in [-0.2, 0) is 4.74 Å². The van der Waals surface area contributed by atoms with E-state index in [2.05, 4.69) is 0 Å². The van der Waals surface area contributed by atoms with Crippen LogP contribution in [0.15, 0.2) is 72.9 Å². The predicted molar refractivity (Wildman–Crippen MR) is 109 cm³/mol. The molecule has 0 bridgehead atoms. The van der Waals surface area contributed by atoms with E-state index in [1.165, 1.54) is 7.11 Å². The van der Waals surface area contributed by atoms with Crippen molar-refractivity contribution in [3.05, 3.63) is 89.6 Å². The Hall–Kier alpha value is -3.64. The van der Waals surface area contributed by atoms with Crippen LogP contribution in [0.3, 0.4) is 0 Å². The Morgan fingerprint density at radius 3 is 2.55 bits per heavy atom. The van der Waals surface area contributed by atoms with E-state index in [1.807, 2.05) is 42.5 Å². The maximum atomic E-state index is 11.9. The Bertz CT molecular complexity index is 1170. The van der Waals surface area contributed by atoms with Crippen LogP contribution in [0.4, 0.5) is 0 Å². The molecule has 1 N–H and O–H groups in total. The van der Waals surface area contributed by atoms with Crippen LogP contribution in [0, 0.1) is 0 Å². The number of hydrogen-bond donors (Lipinski definition) is 1. The molecule has 2 heterocycles. The first-order valence-corrected chi connectivity index (χ1v) is 9.10. The third-order valence-corrected chi connectivity index (χ3v) is 4.82. The van der Waals surface area contributed by atoms with Crippen molar-refractivity contribution in [2.75, 3.05) is 14.2 Å². The molecular formula is C23H20N2O4. The molecule has 0 aliphatic rings. The summed E-state index contributed by atoms with van der Waals surface area (Å²) < 4.78 is 11.8. The van der Waals surface area contributed by atoms with Crippen molar-refractivity contribution in [3.63, 3.8) is 0 Å². The highest BCUT2D eigenvalue weighted by Gasteiger charge is 2.23. The van der Waals surface area contributed by atoms with Gasteiger partial charge < -0.3 is 14.6 Å². The molecular weight excluding hydrogens is 368 g/mol. The number of rotatable bonds is 5. The van der Waals surface area contributed by atoms with E-state index in [9.17, 15) is 9.90 Å². The lowest BCUT2D eigenvalue weighted by molar-refractivity contribution is 0.0600. The number of hydrogen-bond acceptors (Lipinski definition) is 5. The van der Waals surface area contributed by atoms with E-state index >= 15 is 0 Å². The highest BCUT2D eigenvalue weighted by Crippen LogP contribution is 2.35. The van der Waals surface area contributed by atoms with Gasteiger partial charge in [-0.2, -0.15) is 5.10 Å². The quantitative estimate of drug-likeness (QED) is 0.525. The second-order valence-electron chi connectivity index (χ2n) is 6.55. The van der Waals surface area contributed by atoms with Gasteiger partial charge in [0.1, 0.15) is 11.9 Å². The summed E-state index contributed by atoms with van der Waals surface area (Å²) in [6.07, 6.45) is 0.781. The number of nitrogens with zero attached hydrogens (tertiary/aromatic N) is 2. The first kappa shape index (κ1) is 18.7. The van der Waals surface area contributed by atoms with Gasteiger partial charge in [-0.15, -0.1) is 0 Å². The van der Waals surface area contributed by atoms with Gasteiger partial charge in [0.15, 0.2) is 0 Å². The molecule has 6 nitrogen and oxygen atoms in total. The van der Waals surface area contributed by atoms with Crippen LogP contribution in [0.1, 0.15) is 27.6 Å². The van der Waals surface area contributed by atoms with Crippen molar-refractivity contribution >= 4 is 11.5 Å². The number of esters is 1. The molecule has 0 fully saturated rings. The fourth-order valence-electron chi connectivity index (χ4n) is 3.37. The molecule has 4 aromatic rings. The summed E-state index contributed by atoms with van der Waals surface area (Å²) in [5.74, 6) is 0.209. The topological polar surface area (TPSA) is 73.1 Å². The van der Waals surface area contributed by atoms with E-state index in [0.29, 0.717) is 28.1 Å². The van der Waals surface area contributed by atoms with E-state index in [1.54, 1.807) is 42.1 Å². The van der Waals surface area contributed by atoms with Crippen molar-refractivity contribution in [1.29, 1.82) is 0 Å². The number of fused-ring (bicyclic) bond motifs is 1. The number of aliphatic hydroxyl groups excluding tert-OH is 1. The highest BCUT2D eigenvalue weighted by atomic mass is 16.5. The molecule has 0 saturated carbocycles. The number of methoxy groups -OCH3 is 2. The molecule has 4 rings (SSSR count). The molecule has 146 valence electrons. The first-order chi connectivity index (χ1) is 14.1. The largest absolute Gasteiger partial charge is 0.495 e. The molecule has 1 unspecified atom stereocenters. The van der Waals surface area contributed by atoms with Crippen molar-refractivity contribution < 1.29 is 19.4 Å². The zero-order valence-electron chi connectivity index (χ0n) is 16.1. The summed E-state index contributed by atoms with van der Waals surface area (Å²) in [5.41, 5.74) is 3.91. The van der Waals surface area contributed by atoms with E-state index < -0.39 is 12.1 Å². The molecule has 0 aliphatic heterocycles. The number of pyridine rings is 1. The van der Waals surface area contributed by atoms with Gasteiger partial charge in [-0.1, -0.05) is 42.5 Å². The van der Waals surface area contributed by atoms with Gasteiger partial charge in [0.2, 0.25) is 0 Å². The second kappa shape index (κ2) is 7.77. The SMILES string of the molecule is COC(=O)c1cccc(C(O)c2c(-c3ccccc3)nn3cc(OC)ccc23)c1. The fraction of sp³-hybridized carbons (Fsp3) is 0.130. The Kier molecular flexibility index (Phi) is 5.01. The molecule has 0 aliphatic carbocycles. The Labute approximate surface area is 167 Å². The second-order valence-corrected chi connectivity index (χ2v) is 6.55. The van der Waals surface area contributed by atoms with Gasteiger partial charge in [0, 0.05) is 11.1 Å². The number of carbonyl (C=O) groups excluding carboxylic acids is 1. The first-order valence-electron chi connectivity index (χ1n) is 9.10. The summed E-state index contributed by atoms with van der Waals surface area (Å²) in [6, 6.07) is 20.1. The number of benzene rings is 2. The average molecular weight is 388 g/mol. The number of aromatic nitrogens is 2. The highest BCUT2D eigenvalue weighted by molar-refractivity contribution is 5.89. The van der Waals surface area contributed by atoms with Gasteiger partial charge in [-0.25, -0.2) is 9.31 Å². The van der Waals surface area contributed by atoms with Crippen molar-refractivity contribution in [3.8, 4) is 17.0 Å². The van der Waals surface area contributed by atoms with Gasteiger partial charge in [-0.05, 0) is 29.8 Å². The van der Waals surface area contributed by atoms with E-state index in [-0.39, 0.29) is 0 Å². The van der Waals surface area contributed by atoms with Crippen molar-refractivity contribution in [2.24, 2.45) is 0 Å². The standard InChI is InChI=1S/C23H20N2O4/c1-28-18-11-12-19-20(21(24-25(19)14-18)15-7-4-3-5-8-15)22(26)16-9-6-10-17(13-16)23(27)29-2/h3-14,22,26H,1-2H3. The molecule has 1 atom stereocenters. The van der Waals surface area contributed by atoms with Crippen LogP contribution in [0.25, 0.3) is 16.8 Å². The molecule has 6 heteroatoms. The minimum Gasteiger partial charge on any atom is -0.495 e. The van der Waals surface area contributed by atoms with Crippen molar-refractivity contribution in [1.82, 2.24) is 9.61 Å². The molecule has 2 aromatic heterocycles. The fourth-order valence-corrected chi connectivity index (χ4v) is 3.37. The van der Waals surface area contributed by atoms with Gasteiger partial charge in [-0.3, -0.25) is 0 Å². The molecule has 0 spiro atoms. The summed E-state index contributed by atoms with van der Waals surface area (Å²) in [4.78, 5) is 11.9. The Balaban J connectivity index is 1.91. The van der Waals surface area contributed by atoms with Crippen LogP contribution in [0.2, 0.25) is 0 Å². The third-order valence-electron chi connectivity index (χ3n) is 4.82. The minimum absolute atomic E-state index is 0.378. The lowest BCUT2D eigenvalue weighted by atomic mass is 9.96. The number of carbonyl (C=O) groups is 1. The molecule has 0 radical (unpaired) electrons. The molecule has 2 aromatic carbocycles. The number of ether oxygens (including phenoxy) is 2. The van der Waals surface area contributed by atoms with Gasteiger partial charge in [0.05, 0.1) is 37.2 Å². The summed E-state index contributed by atoms with van der Waals surface area (Å²) in [7, 11) is 2.93. The summed E-state index contributed by atoms with van der Waals surface area (Å²) in [6.45, 7) is 0. The van der Waals surface area contributed by atoms with Crippen LogP contribution >= 0.6 is 0 Å². The van der Waals surface area contributed by atoms with E-state index in [4.69, 9.17) is 14.6 Å². The summed E-state index contributed by atoms with van der Waals surface area (Å²) >= 11 is 0. The zero-order valence-corrected chi connectivity index (χ0v) is 16.1. The number of aliphatic hydroxyl groups is 1. The predicted octanol–water partition coefficient (Wildman–Crippen LogP) is 3.88. The van der Waals surface area contributed by atoms with Gasteiger partial charge in [0.25, 0.3) is 0 Å². The monoisotopic (exact) mass is 388 g/mol. The van der Waals surface area contributed by atoms with Crippen molar-refractivity contribution in [2.45, 2.75) is 6.10 Å². The van der Waals surface area contributed by atoms with Gasteiger partial charge >= 0.3 is 5.97 Å². The zero-order chi connectivity index (χ0) is 20.4. The smallest absolute Gasteiger partial charge is 0.337 e. The normalized spacial score (nSPS) is 12.0. The Morgan fingerprint density at radius 1 is 1.03 bits per heavy atom. The van der Waals surface area contributed by atoms with Crippen LogP contribution in [0.5, 0.6) is 5.75 Å². The lowest BCUT2D eigenvalue weighted by Gasteiger charge is -2.13. The van der Waals surface area contributed by atoms with Crippen LogP contribution in [-0.4, -0.2) is 34.9 Å². The maximum absolute atomic E-state index is 11.9. The molecule has 29 heavy (non-hydrogen) atoms. The average Bonchev–Trinajstić information content (AvgIpc) is 3.17. The lowest BCUT2D eigenvalue weighted by Crippen LogP contribution is -2.05. The molecule has 0 amide bonds.